The molecule has 0 aliphatic rings. The monoisotopic (exact) mass is 244 g/mol. The van der Waals surface area contributed by atoms with E-state index in [9.17, 15) is 4.39 Å². The minimum absolute atomic E-state index is 0.130. The summed E-state index contributed by atoms with van der Waals surface area (Å²) in [4.78, 5) is 0. The molecule has 2 nitrogen and oxygen atoms in total. The SMILES string of the molecule is CCCc1c(CC)c2cc(C#N)c(F)cc2n1C. The molecule has 18 heavy (non-hydrogen) atoms. The quantitative estimate of drug-likeness (QED) is 0.809. The van der Waals surface area contributed by atoms with Crippen molar-refractivity contribution in [3.8, 4) is 6.07 Å². The average Bonchev–Trinajstić information content (AvgIpc) is 2.62. The topological polar surface area (TPSA) is 28.7 Å². The summed E-state index contributed by atoms with van der Waals surface area (Å²) in [6, 6.07) is 5.08. The Morgan fingerprint density at radius 3 is 2.61 bits per heavy atom. The molecule has 0 radical (unpaired) electrons. The molecular weight excluding hydrogens is 227 g/mol. The van der Waals surface area contributed by atoms with Gasteiger partial charge in [-0.3, -0.25) is 0 Å². The van der Waals surface area contributed by atoms with Gasteiger partial charge in [0.15, 0.2) is 0 Å². The Kier molecular flexibility index (Phi) is 3.38. The molecule has 0 unspecified atom stereocenters. The highest BCUT2D eigenvalue weighted by Crippen LogP contribution is 2.29. The molecule has 0 amide bonds. The van der Waals surface area contributed by atoms with E-state index >= 15 is 0 Å². The lowest BCUT2D eigenvalue weighted by molar-refractivity contribution is 0.625. The zero-order chi connectivity index (χ0) is 13.3. The van der Waals surface area contributed by atoms with Gasteiger partial charge < -0.3 is 4.57 Å². The van der Waals surface area contributed by atoms with E-state index in [4.69, 9.17) is 5.26 Å². The van der Waals surface area contributed by atoms with Crippen molar-refractivity contribution in [2.75, 3.05) is 0 Å². The summed E-state index contributed by atoms with van der Waals surface area (Å²) in [5, 5.41) is 9.94. The van der Waals surface area contributed by atoms with E-state index < -0.39 is 5.82 Å². The second-order valence-corrected chi connectivity index (χ2v) is 4.55. The Labute approximate surface area is 107 Å². The molecule has 0 spiro atoms. The molecule has 0 fully saturated rings. The first-order valence-corrected chi connectivity index (χ1v) is 6.33. The summed E-state index contributed by atoms with van der Waals surface area (Å²) >= 11 is 0. The number of rotatable bonds is 3. The van der Waals surface area contributed by atoms with Crippen LogP contribution in [0.15, 0.2) is 12.1 Å². The average molecular weight is 244 g/mol. The van der Waals surface area contributed by atoms with Gasteiger partial charge in [0, 0.05) is 18.1 Å². The van der Waals surface area contributed by atoms with Crippen LogP contribution in [0.25, 0.3) is 10.9 Å². The summed E-state index contributed by atoms with van der Waals surface area (Å²) in [5.74, 6) is -0.434. The van der Waals surface area contributed by atoms with Gasteiger partial charge in [0.25, 0.3) is 0 Å². The van der Waals surface area contributed by atoms with E-state index in [0.717, 1.165) is 30.2 Å². The maximum Gasteiger partial charge on any atom is 0.143 e. The summed E-state index contributed by atoms with van der Waals surface area (Å²) in [6.07, 6.45) is 2.95. The fourth-order valence-electron chi connectivity index (χ4n) is 2.62. The third-order valence-electron chi connectivity index (χ3n) is 3.49. The van der Waals surface area contributed by atoms with Crippen LogP contribution in [0.2, 0.25) is 0 Å². The van der Waals surface area contributed by atoms with E-state index in [1.54, 1.807) is 6.07 Å². The Hall–Kier alpha value is -1.82. The van der Waals surface area contributed by atoms with Crippen LogP contribution >= 0.6 is 0 Å². The van der Waals surface area contributed by atoms with Crippen LogP contribution in [-0.4, -0.2) is 4.57 Å². The van der Waals surface area contributed by atoms with Gasteiger partial charge in [0.1, 0.15) is 11.9 Å². The van der Waals surface area contributed by atoms with Crippen LogP contribution in [0, 0.1) is 17.1 Å². The van der Waals surface area contributed by atoms with Crippen LogP contribution in [0.1, 0.15) is 37.1 Å². The molecule has 1 heterocycles. The molecule has 0 aliphatic heterocycles. The van der Waals surface area contributed by atoms with Gasteiger partial charge in [-0.25, -0.2) is 4.39 Å². The lowest BCUT2D eigenvalue weighted by atomic mass is 10.0. The zero-order valence-electron chi connectivity index (χ0n) is 11.0. The molecule has 0 N–H and O–H groups in total. The molecule has 2 rings (SSSR count). The smallest absolute Gasteiger partial charge is 0.143 e. The molecule has 0 bridgehead atoms. The van der Waals surface area contributed by atoms with Gasteiger partial charge in [-0.05, 0) is 30.5 Å². The van der Waals surface area contributed by atoms with Crippen LogP contribution in [0.5, 0.6) is 0 Å². The van der Waals surface area contributed by atoms with E-state index in [2.05, 4.69) is 18.4 Å². The minimum Gasteiger partial charge on any atom is -0.347 e. The maximum atomic E-state index is 13.7. The number of nitriles is 1. The largest absolute Gasteiger partial charge is 0.347 e. The van der Waals surface area contributed by atoms with Crippen LogP contribution < -0.4 is 0 Å². The molecule has 0 atom stereocenters. The Morgan fingerprint density at radius 2 is 2.06 bits per heavy atom. The molecule has 94 valence electrons. The number of aromatic nitrogens is 1. The normalized spacial score (nSPS) is 10.8. The zero-order valence-corrected chi connectivity index (χ0v) is 11.0. The van der Waals surface area contributed by atoms with E-state index in [0.29, 0.717) is 0 Å². The molecule has 0 aliphatic carbocycles. The number of halogens is 1. The van der Waals surface area contributed by atoms with Crippen molar-refractivity contribution in [2.24, 2.45) is 7.05 Å². The molecule has 0 saturated carbocycles. The number of aryl methyl sites for hydroxylation is 2. The first-order valence-electron chi connectivity index (χ1n) is 6.33. The van der Waals surface area contributed by atoms with Crippen molar-refractivity contribution < 1.29 is 4.39 Å². The fraction of sp³-hybridized carbons (Fsp3) is 0.400. The predicted molar refractivity (Wildman–Crippen MR) is 71.0 cm³/mol. The lowest BCUT2D eigenvalue weighted by Crippen LogP contribution is -1.98. The number of benzene rings is 1. The predicted octanol–water partition coefficient (Wildman–Crippen LogP) is 3.70. The van der Waals surface area contributed by atoms with Crippen LogP contribution in [-0.2, 0) is 19.9 Å². The Morgan fingerprint density at radius 1 is 1.33 bits per heavy atom. The van der Waals surface area contributed by atoms with Crippen LogP contribution in [0.4, 0.5) is 4.39 Å². The Balaban J connectivity index is 2.82. The minimum atomic E-state index is -0.434. The highest BCUT2D eigenvalue weighted by molar-refractivity contribution is 5.87. The summed E-state index contributed by atoms with van der Waals surface area (Å²) in [7, 11) is 1.97. The van der Waals surface area contributed by atoms with Crippen molar-refractivity contribution in [1.82, 2.24) is 4.57 Å². The Bertz CT molecular complexity index is 632. The molecule has 0 saturated heterocycles. The number of fused-ring (bicyclic) bond motifs is 1. The molecule has 1 aromatic carbocycles. The lowest BCUT2D eigenvalue weighted by Gasteiger charge is -2.04. The standard InChI is InChI=1S/C15H17FN2/c1-4-6-14-11(5-2)12-7-10(9-17)13(16)8-15(12)18(14)3/h7-8H,4-6H2,1-3H3. The van der Waals surface area contributed by atoms with Gasteiger partial charge in [-0.15, -0.1) is 0 Å². The maximum absolute atomic E-state index is 13.7. The highest BCUT2D eigenvalue weighted by Gasteiger charge is 2.15. The number of hydrogen-bond donors (Lipinski definition) is 0. The summed E-state index contributed by atoms with van der Waals surface area (Å²) in [6.45, 7) is 4.24. The molecule has 1 aromatic heterocycles. The van der Waals surface area contributed by atoms with Gasteiger partial charge in [-0.1, -0.05) is 20.3 Å². The first kappa shape index (κ1) is 12.6. The van der Waals surface area contributed by atoms with E-state index in [1.165, 1.54) is 17.3 Å². The van der Waals surface area contributed by atoms with Crippen LogP contribution in [0.3, 0.4) is 0 Å². The van der Waals surface area contributed by atoms with Gasteiger partial charge >= 0.3 is 0 Å². The molecule has 2 aromatic rings. The van der Waals surface area contributed by atoms with Crippen molar-refractivity contribution in [3.63, 3.8) is 0 Å². The molecule has 3 heteroatoms. The molecular formula is C15H17FN2. The van der Waals surface area contributed by atoms with Gasteiger partial charge in [0.2, 0.25) is 0 Å². The van der Waals surface area contributed by atoms with Crippen molar-refractivity contribution in [2.45, 2.75) is 33.1 Å². The third-order valence-corrected chi connectivity index (χ3v) is 3.49. The van der Waals surface area contributed by atoms with Crippen molar-refractivity contribution in [1.29, 1.82) is 5.26 Å². The van der Waals surface area contributed by atoms with Crippen molar-refractivity contribution >= 4 is 10.9 Å². The highest BCUT2D eigenvalue weighted by atomic mass is 19.1. The van der Waals surface area contributed by atoms with Gasteiger partial charge in [0.05, 0.1) is 11.1 Å². The summed E-state index contributed by atoms with van der Waals surface area (Å²) in [5.41, 5.74) is 3.51. The third kappa shape index (κ3) is 1.78. The number of nitrogens with zero attached hydrogens (tertiary/aromatic N) is 2. The summed E-state index contributed by atoms with van der Waals surface area (Å²) < 4.78 is 15.8. The van der Waals surface area contributed by atoms with E-state index in [-0.39, 0.29) is 5.56 Å². The second kappa shape index (κ2) is 4.81. The fourth-order valence-corrected chi connectivity index (χ4v) is 2.62. The number of hydrogen-bond acceptors (Lipinski definition) is 1. The second-order valence-electron chi connectivity index (χ2n) is 4.55. The first-order chi connectivity index (χ1) is 8.63. The van der Waals surface area contributed by atoms with E-state index in [1.807, 2.05) is 13.1 Å². The van der Waals surface area contributed by atoms with Crippen molar-refractivity contribution in [3.05, 3.63) is 34.8 Å². The van der Waals surface area contributed by atoms with Gasteiger partial charge in [-0.2, -0.15) is 5.26 Å².